The van der Waals surface area contributed by atoms with Crippen LogP contribution in [-0.4, -0.2) is 10.4 Å². The second-order valence-electron chi connectivity index (χ2n) is 0. The van der Waals surface area contributed by atoms with Crippen LogP contribution < -0.4 is 11.8 Å². The van der Waals surface area contributed by atoms with Gasteiger partial charge in [-0.15, -0.1) is 0 Å². The van der Waals surface area contributed by atoms with Gasteiger partial charge < -0.3 is 10.4 Å². The molecular formula is H6FeN2O2. The molecule has 0 amide bonds. The Hall–Kier alpha value is 0.359. The molecule has 0 aliphatic carbocycles. The van der Waals surface area contributed by atoms with E-state index < -0.39 is 0 Å². The Morgan fingerprint density at radius 1 is 0.800 bits per heavy atom. The third-order valence-electron chi connectivity index (χ3n) is 0. The minimum absolute atomic E-state index is 0. The Morgan fingerprint density at radius 3 is 0.800 bits per heavy atom. The second-order valence-corrected chi connectivity index (χ2v) is 0. The molecule has 0 rings (SSSR count). The third kappa shape index (κ3) is 188. The van der Waals surface area contributed by atoms with Crippen LogP contribution in [0.4, 0.5) is 0 Å². The molecule has 0 aliphatic rings. The molecule has 0 atom stereocenters. The molecule has 0 spiro atoms. The summed E-state index contributed by atoms with van der Waals surface area (Å²) in [6.45, 7) is 0. The molecule has 0 unspecified atom stereocenters. The van der Waals surface area contributed by atoms with Crippen molar-refractivity contribution in [3.8, 4) is 0 Å². The quantitative estimate of drug-likeness (QED) is 0.236. The van der Waals surface area contributed by atoms with Crippen LogP contribution in [0, 0.1) is 0 Å². The Balaban J connectivity index is -0.0000000133. The zero-order chi connectivity index (χ0) is 4.00. The predicted octanol–water partition coefficient (Wildman–Crippen LogP) is -1.33. The molecule has 6 N–H and O–H groups in total. The molecule has 4 nitrogen and oxygen atoms in total. The maximum absolute atomic E-state index is 6.50. The number of hydrogen-bond donors (Lipinski definition) is 4. The van der Waals surface area contributed by atoms with E-state index in [-0.39, 0.29) is 17.1 Å². The van der Waals surface area contributed by atoms with Gasteiger partial charge in [0.25, 0.3) is 0 Å². The van der Waals surface area contributed by atoms with Gasteiger partial charge in [-0.05, 0) is 0 Å². The number of nitrogens with two attached hydrogens (primary N) is 2. The average molecular weight is 122 g/mol. The molecule has 5 heteroatoms. The summed E-state index contributed by atoms with van der Waals surface area (Å²) in [6, 6.07) is 0. The van der Waals surface area contributed by atoms with Crippen molar-refractivity contribution in [3.05, 3.63) is 0 Å². The van der Waals surface area contributed by atoms with E-state index in [4.69, 9.17) is 10.4 Å². The summed E-state index contributed by atoms with van der Waals surface area (Å²) in [5, 5.41) is 13.0. The van der Waals surface area contributed by atoms with Crippen molar-refractivity contribution in [2.24, 2.45) is 11.8 Å². The van der Waals surface area contributed by atoms with Gasteiger partial charge in [-0.1, -0.05) is 0 Å². The van der Waals surface area contributed by atoms with E-state index in [9.17, 15) is 0 Å². The molecule has 0 radical (unpaired) electrons. The normalized spacial score (nSPS) is 2.40. The van der Waals surface area contributed by atoms with E-state index >= 15 is 0 Å². The smallest absolute Gasteiger partial charge is 0 e. The van der Waals surface area contributed by atoms with E-state index in [2.05, 4.69) is 11.8 Å². The summed E-state index contributed by atoms with van der Waals surface area (Å²) >= 11 is 0. The fraction of sp³-hybridized carbons (Fsp3) is 0. The maximum Gasteiger partial charge on any atom is 0 e. The van der Waals surface area contributed by atoms with E-state index in [0.29, 0.717) is 0 Å². The first-order chi connectivity index (χ1) is 2.00. The van der Waals surface area contributed by atoms with Gasteiger partial charge in [-0.3, -0.25) is 0 Å². The van der Waals surface area contributed by atoms with Crippen LogP contribution in [-0.2, 0) is 17.1 Å². The van der Waals surface area contributed by atoms with Gasteiger partial charge in [0.05, 0.1) is 0 Å². The van der Waals surface area contributed by atoms with Gasteiger partial charge in [0.1, 0.15) is 0 Å². The Labute approximate surface area is 40.2 Å². The minimum atomic E-state index is 0. The van der Waals surface area contributed by atoms with Crippen LogP contribution in [0.5, 0.6) is 0 Å². The fourth-order valence-corrected chi connectivity index (χ4v) is 0. The summed E-state index contributed by atoms with van der Waals surface area (Å²) in [6.07, 6.45) is 0. The zero-order valence-electron chi connectivity index (χ0n) is 2.40. The van der Waals surface area contributed by atoms with Gasteiger partial charge in [0, 0.05) is 17.1 Å². The maximum atomic E-state index is 6.50. The SMILES string of the molecule is NO.NO.[Fe]. The van der Waals surface area contributed by atoms with Crippen molar-refractivity contribution in [1.29, 1.82) is 0 Å². The van der Waals surface area contributed by atoms with Crippen LogP contribution in [0.15, 0.2) is 0 Å². The summed E-state index contributed by atoms with van der Waals surface area (Å²) in [7, 11) is 0. The molecule has 5 heavy (non-hydrogen) atoms. The topological polar surface area (TPSA) is 92.5 Å². The molecule has 0 aromatic heterocycles. The Morgan fingerprint density at radius 2 is 0.800 bits per heavy atom. The summed E-state index contributed by atoms with van der Waals surface area (Å²) < 4.78 is 0. The number of hydrogen-bond acceptors (Lipinski definition) is 4. The Bertz CT molecular complexity index is 7.61. The first-order valence-electron chi connectivity index (χ1n) is 0.516. The fourth-order valence-electron chi connectivity index (χ4n) is 0. The summed E-state index contributed by atoms with van der Waals surface area (Å²) in [5.41, 5.74) is 0. The molecule has 0 heterocycles. The molecule has 0 fully saturated rings. The largest absolute Gasteiger partial charge is 0.320 e. The summed E-state index contributed by atoms with van der Waals surface area (Å²) in [5.74, 6) is 7.00. The van der Waals surface area contributed by atoms with Gasteiger partial charge in [0.15, 0.2) is 0 Å². The van der Waals surface area contributed by atoms with E-state index in [0.717, 1.165) is 0 Å². The van der Waals surface area contributed by atoms with Crippen molar-refractivity contribution in [3.63, 3.8) is 0 Å². The predicted molar refractivity (Wildman–Crippen MR) is 11.9 cm³/mol. The van der Waals surface area contributed by atoms with Gasteiger partial charge >= 0.3 is 0 Å². The van der Waals surface area contributed by atoms with Crippen LogP contribution in [0.25, 0.3) is 0 Å². The molecular weight excluding hydrogens is 116 g/mol. The van der Waals surface area contributed by atoms with Gasteiger partial charge in [-0.2, -0.15) is 0 Å². The van der Waals surface area contributed by atoms with Crippen LogP contribution in [0.2, 0.25) is 0 Å². The van der Waals surface area contributed by atoms with Crippen molar-refractivity contribution < 1.29 is 27.5 Å². The molecule has 36 valence electrons. The van der Waals surface area contributed by atoms with Crippen LogP contribution >= 0.6 is 0 Å². The van der Waals surface area contributed by atoms with Crippen LogP contribution in [0.1, 0.15) is 0 Å². The first-order valence-corrected chi connectivity index (χ1v) is 0.516. The summed E-state index contributed by atoms with van der Waals surface area (Å²) in [4.78, 5) is 0. The van der Waals surface area contributed by atoms with Crippen molar-refractivity contribution >= 4 is 0 Å². The molecule has 0 saturated heterocycles. The third-order valence-corrected chi connectivity index (χ3v) is 0. The molecule has 0 saturated carbocycles. The van der Waals surface area contributed by atoms with Crippen molar-refractivity contribution in [2.75, 3.05) is 0 Å². The van der Waals surface area contributed by atoms with Gasteiger partial charge in [-0.25, -0.2) is 11.8 Å². The first kappa shape index (κ1) is 18.3. The molecule has 0 bridgehead atoms. The molecule has 0 aromatic carbocycles. The molecule has 0 aliphatic heterocycles. The van der Waals surface area contributed by atoms with Gasteiger partial charge in [0.2, 0.25) is 0 Å². The van der Waals surface area contributed by atoms with E-state index in [1.54, 1.807) is 0 Å². The monoisotopic (exact) mass is 122 g/mol. The number of rotatable bonds is 0. The average Bonchev–Trinajstić information content (AvgIpc) is 1.50. The minimum Gasteiger partial charge on any atom is -0.320 e. The standard InChI is InChI=1S/Fe.2H3NO/c;2*1-2/h;2*2H,1H2. The zero-order valence-corrected chi connectivity index (χ0v) is 3.51. The molecule has 0 aromatic rings. The second kappa shape index (κ2) is 381. The van der Waals surface area contributed by atoms with Crippen molar-refractivity contribution in [1.82, 2.24) is 0 Å². The van der Waals surface area contributed by atoms with Crippen molar-refractivity contribution in [2.45, 2.75) is 0 Å². The van der Waals surface area contributed by atoms with E-state index in [1.165, 1.54) is 0 Å². The van der Waals surface area contributed by atoms with E-state index in [1.807, 2.05) is 0 Å². The van der Waals surface area contributed by atoms with Crippen LogP contribution in [0.3, 0.4) is 0 Å². The Kier molecular flexibility index (Phi) is 1390.